The minimum absolute atomic E-state index is 0.0458. The molecule has 3 heterocycles. The maximum absolute atomic E-state index is 13.3. The van der Waals surface area contributed by atoms with E-state index in [1.165, 1.54) is 5.56 Å². The van der Waals surface area contributed by atoms with E-state index in [2.05, 4.69) is 18.7 Å². The van der Waals surface area contributed by atoms with Gasteiger partial charge in [-0.1, -0.05) is 18.6 Å². The highest BCUT2D eigenvalue weighted by Crippen LogP contribution is 2.33. The third-order valence-electron chi connectivity index (χ3n) is 7.25. The van der Waals surface area contributed by atoms with Crippen LogP contribution in [-0.4, -0.2) is 68.5 Å². The molecule has 0 aliphatic carbocycles. The summed E-state index contributed by atoms with van der Waals surface area (Å²) >= 11 is 0. The summed E-state index contributed by atoms with van der Waals surface area (Å²) in [6.45, 7) is 8.60. The number of morpholine rings is 1. The van der Waals surface area contributed by atoms with Crippen molar-refractivity contribution in [3.05, 3.63) is 59.2 Å². The standard InChI is InChI=1S/C27H35N3O4S/c1-20-17-28(18-21(2)34-20)19-22-6-8-23(9-7-22)27(31)30-15-12-24-16-25(10-11-26(24)30)35(32,33)29-13-4-3-5-14-29/h6-11,16,20-21H,3-5,12-15,17-19H2,1-2H3. The van der Waals surface area contributed by atoms with Gasteiger partial charge in [0.1, 0.15) is 0 Å². The van der Waals surface area contributed by atoms with Gasteiger partial charge in [-0.05, 0) is 74.6 Å². The molecule has 2 fully saturated rings. The zero-order valence-electron chi connectivity index (χ0n) is 20.7. The van der Waals surface area contributed by atoms with Crippen molar-refractivity contribution in [2.45, 2.75) is 63.2 Å². The molecular formula is C27H35N3O4S. The highest BCUT2D eigenvalue weighted by molar-refractivity contribution is 7.89. The van der Waals surface area contributed by atoms with Gasteiger partial charge in [0.2, 0.25) is 10.0 Å². The molecule has 188 valence electrons. The quantitative estimate of drug-likeness (QED) is 0.630. The van der Waals surface area contributed by atoms with Crippen LogP contribution in [0.25, 0.3) is 0 Å². The van der Waals surface area contributed by atoms with Gasteiger partial charge in [0.15, 0.2) is 0 Å². The molecule has 0 spiro atoms. The summed E-state index contributed by atoms with van der Waals surface area (Å²) in [6.07, 6.45) is 4.03. The first-order valence-corrected chi connectivity index (χ1v) is 14.2. The number of sulfonamides is 1. The number of carbonyl (C=O) groups is 1. The summed E-state index contributed by atoms with van der Waals surface area (Å²) in [7, 11) is -3.48. The topological polar surface area (TPSA) is 70.2 Å². The van der Waals surface area contributed by atoms with Crippen LogP contribution in [0.15, 0.2) is 47.4 Å². The van der Waals surface area contributed by atoms with Crippen molar-refractivity contribution in [2.75, 3.05) is 37.6 Å². The number of rotatable bonds is 5. The Morgan fingerprint density at radius 2 is 1.63 bits per heavy atom. The zero-order chi connectivity index (χ0) is 24.6. The summed E-state index contributed by atoms with van der Waals surface area (Å²) in [5.41, 5.74) is 3.56. The number of carbonyl (C=O) groups excluding carboxylic acids is 1. The van der Waals surface area contributed by atoms with E-state index >= 15 is 0 Å². The molecule has 2 saturated heterocycles. The third-order valence-corrected chi connectivity index (χ3v) is 9.14. The fourth-order valence-electron chi connectivity index (χ4n) is 5.58. The average Bonchev–Trinajstić information content (AvgIpc) is 3.27. The third kappa shape index (κ3) is 5.16. The van der Waals surface area contributed by atoms with Gasteiger partial charge in [-0.3, -0.25) is 9.69 Å². The fraction of sp³-hybridized carbons (Fsp3) is 0.519. The van der Waals surface area contributed by atoms with Crippen LogP contribution < -0.4 is 4.90 Å². The number of hydrogen-bond donors (Lipinski definition) is 0. The van der Waals surface area contributed by atoms with Crippen LogP contribution in [0.5, 0.6) is 0 Å². The summed E-state index contributed by atoms with van der Waals surface area (Å²) in [5, 5.41) is 0. The van der Waals surface area contributed by atoms with E-state index in [1.807, 2.05) is 24.3 Å². The van der Waals surface area contributed by atoms with Crippen molar-refractivity contribution in [3.8, 4) is 0 Å². The largest absolute Gasteiger partial charge is 0.373 e. The van der Waals surface area contributed by atoms with Gasteiger partial charge >= 0.3 is 0 Å². The van der Waals surface area contributed by atoms with Crippen LogP contribution in [0, 0.1) is 0 Å². The second-order valence-electron chi connectivity index (χ2n) is 10.1. The molecule has 0 radical (unpaired) electrons. The van der Waals surface area contributed by atoms with Crippen LogP contribution in [0.1, 0.15) is 54.6 Å². The summed E-state index contributed by atoms with van der Waals surface area (Å²) < 4.78 is 33.6. The lowest BCUT2D eigenvalue weighted by molar-refractivity contribution is -0.0704. The normalized spacial score (nSPS) is 23.9. The molecule has 2 atom stereocenters. The number of piperidine rings is 1. The van der Waals surface area contributed by atoms with Crippen molar-refractivity contribution in [3.63, 3.8) is 0 Å². The molecule has 3 aliphatic rings. The van der Waals surface area contributed by atoms with Crippen molar-refractivity contribution >= 4 is 21.6 Å². The maximum Gasteiger partial charge on any atom is 0.258 e. The molecule has 5 rings (SSSR count). The van der Waals surface area contributed by atoms with Crippen LogP contribution in [0.2, 0.25) is 0 Å². The molecule has 2 aromatic rings. The minimum atomic E-state index is -3.48. The Morgan fingerprint density at radius 1 is 0.943 bits per heavy atom. The Labute approximate surface area is 208 Å². The molecule has 8 heteroatoms. The molecule has 0 saturated carbocycles. The molecule has 2 aromatic carbocycles. The molecule has 3 aliphatic heterocycles. The van der Waals surface area contributed by atoms with Crippen LogP contribution in [-0.2, 0) is 27.7 Å². The Morgan fingerprint density at radius 3 is 2.31 bits per heavy atom. The van der Waals surface area contributed by atoms with E-state index in [4.69, 9.17) is 4.74 Å². The number of hydrogen-bond acceptors (Lipinski definition) is 5. The van der Waals surface area contributed by atoms with E-state index in [0.29, 0.717) is 36.5 Å². The summed E-state index contributed by atoms with van der Waals surface area (Å²) in [5.74, 6) is -0.0458. The number of anilines is 1. The van der Waals surface area contributed by atoms with E-state index in [9.17, 15) is 13.2 Å². The number of benzene rings is 2. The Hall–Kier alpha value is -2.26. The zero-order valence-corrected chi connectivity index (χ0v) is 21.5. The molecule has 2 unspecified atom stereocenters. The van der Waals surface area contributed by atoms with Crippen molar-refractivity contribution < 1.29 is 17.9 Å². The lowest BCUT2D eigenvalue weighted by atomic mass is 10.1. The van der Waals surface area contributed by atoms with Gasteiger partial charge in [0.05, 0.1) is 17.1 Å². The van der Waals surface area contributed by atoms with Crippen molar-refractivity contribution in [1.82, 2.24) is 9.21 Å². The van der Waals surface area contributed by atoms with E-state index in [0.717, 1.165) is 50.1 Å². The van der Waals surface area contributed by atoms with Gasteiger partial charge in [-0.2, -0.15) is 4.31 Å². The number of amides is 1. The van der Waals surface area contributed by atoms with Gasteiger partial charge in [-0.15, -0.1) is 0 Å². The summed E-state index contributed by atoms with van der Waals surface area (Å²) in [4.78, 5) is 17.8. The van der Waals surface area contributed by atoms with Gasteiger partial charge in [0, 0.05) is 50.5 Å². The first-order valence-electron chi connectivity index (χ1n) is 12.7. The van der Waals surface area contributed by atoms with E-state index in [-0.39, 0.29) is 18.1 Å². The van der Waals surface area contributed by atoms with Crippen LogP contribution in [0.4, 0.5) is 5.69 Å². The SMILES string of the molecule is CC1CN(Cc2ccc(C(=O)N3CCc4cc(S(=O)(=O)N5CCCCC5)ccc43)cc2)CC(C)O1. The second-order valence-corrected chi connectivity index (χ2v) is 12.0. The fourth-order valence-corrected chi connectivity index (χ4v) is 7.15. The minimum Gasteiger partial charge on any atom is -0.373 e. The lowest BCUT2D eigenvalue weighted by Gasteiger charge is -2.35. The van der Waals surface area contributed by atoms with E-state index < -0.39 is 10.0 Å². The van der Waals surface area contributed by atoms with Crippen LogP contribution in [0.3, 0.4) is 0 Å². The molecule has 1 amide bonds. The predicted octanol–water partition coefficient (Wildman–Crippen LogP) is 3.67. The Bertz CT molecular complexity index is 1170. The van der Waals surface area contributed by atoms with Crippen molar-refractivity contribution in [2.24, 2.45) is 0 Å². The lowest BCUT2D eigenvalue weighted by Crippen LogP contribution is -2.44. The Balaban J connectivity index is 1.27. The molecule has 0 N–H and O–H groups in total. The smallest absolute Gasteiger partial charge is 0.258 e. The molecule has 7 nitrogen and oxygen atoms in total. The number of fused-ring (bicyclic) bond motifs is 1. The molecule has 35 heavy (non-hydrogen) atoms. The summed E-state index contributed by atoms with van der Waals surface area (Å²) in [6, 6.07) is 13.1. The molecular weight excluding hydrogens is 462 g/mol. The van der Waals surface area contributed by atoms with Crippen LogP contribution >= 0.6 is 0 Å². The predicted molar refractivity (Wildman–Crippen MR) is 136 cm³/mol. The van der Waals surface area contributed by atoms with Gasteiger partial charge in [-0.25, -0.2) is 8.42 Å². The average molecular weight is 498 g/mol. The second kappa shape index (κ2) is 10.0. The Kier molecular flexibility index (Phi) is 6.99. The maximum atomic E-state index is 13.3. The molecule has 0 aromatic heterocycles. The van der Waals surface area contributed by atoms with Crippen molar-refractivity contribution in [1.29, 1.82) is 0 Å². The highest BCUT2D eigenvalue weighted by Gasteiger charge is 2.30. The number of nitrogens with zero attached hydrogens (tertiary/aromatic N) is 3. The first kappa shape index (κ1) is 24.4. The van der Waals surface area contributed by atoms with E-state index in [1.54, 1.807) is 27.4 Å². The highest BCUT2D eigenvalue weighted by atomic mass is 32.2. The first-order chi connectivity index (χ1) is 16.8. The molecule has 0 bridgehead atoms. The monoisotopic (exact) mass is 497 g/mol. The van der Waals surface area contributed by atoms with Gasteiger partial charge in [0.25, 0.3) is 5.91 Å². The number of ether oxygens (including phenoxy) is 1. The van der Waals surface area contributed by atoms with Gasteiger partial charge < -0.3 is 9.64 Å².